The van der Waals surface area contributed by atoms with Crippen molar-refractivity contribution in [2.45, 2.75) is 18.9 Å². The van der Waals surface area contributed by atoms with E-state index in [9.17, 15) is 17.6 Å². The van der Waals surface area contributed by atoms with Gasteiger partial charge < -0.3 is 4.90 Å². The Morgan fingerprint density at radius 2 is 1.96 bits per heavy atom. The molecule has 3 rings (SSSR count). The fourth-order valence-electron chi connectivity index (χ4n) is 3.33. The van der Waals surface area contributed by atoms with Gasteiger partial charge in [0.05, 0.1) is 17.9 Å². The van der Waals surface area contributed by atoms with Crippen LogP contribution in [0.25, 0.3) is 0 Å². The Labute approximate surface area is 136 Å². The maximum Gasteiger partial charge on any atom is 0.227 e. The Hall–Kier alpha value is -1.47. The molecule has 2 saturated heterocycles. The lowest BCUT2D eigenvalue weighted by atomic mass is 10.1. The lowest BCUT2D eigenvalue weighted by Gasteiger charge is -2.37. The van der Waals surface area contributed by atoms with Gasteiger partial charge in [-0.1, -0.05) is 12.1 Å². The van der Waals surface area contributed by atoms with Crippen LogP contribution in [0.5, 0.6) is 0 Å². The van der Waals surface area contributed by atoms with Gasteiger partial charge in [0.25, 0.3) is 0 Å². The summed E-state index contributed by atoms with van der Waals surface area (Å²) < 4.78 is 36.3. The summed E-state index contributed by atoms with van der Waals surface area (Å²) in [5.41, 5.74) is 0.680. The van der Waals surface area contributed by atoms with Gasteiger partial charge in [0.2, 0.25) is 5.91 Å². The van der Waals surface area contributed by atoms with E-state index in [1.807, 2.05) is 0 Å². The first-order chi connectivity index (χ1) is 10.9. The molecule has 126 valence electrons. The van der Waals surface area contributed by atoms with E-state index in [4.69, 9.17) is 0 Å². The van der Waals surface area contributed by atoms with Crippen LogP contribution in [-0.4, -0.2) is 67.9 Å². The van der Waals surface area contributed by atoms with E-state index in [0.717, 1.165) is 0 Å². The maximum atomic E-state index is 13.2. The highest BCUT2D eigenvalue weighted by atomic mass is 32.2. The SMILES string of the molecule is O=C(Cc1cccc(F)c1)N1CCN(C2CCS(=O)(=O)C2)CC1. The molecule has 0 saturated carbocycles. The standard InChI is InChI=1S/C16H21FN2O3S/c17-14-3-1-2-13(10-14)11-16(20)19-7-5-18(6-8-19)15-4-9-23(21,22)12-15/h1-3,10,15H,4-9,11-12H2. The Morgan fingerprint density at radius 1 is 1.22 bits per heavy atom. The van der Waals surface area contributed by atoms with Crippen molar-refractivity contribution in [2.75, 3.05) is 37.7 Å². The zero-order valence-electron chi connectivity index (χ0n) is 12.9. The van der Waals surface area contributed by atoms with Gasteiger partial charge in [-0.05, 0) is 24.1 Å². The molecule has 0 N–H and O–H groups in total. The van der Waals surface area contributed by atoms with Crippen LogP contribution >= 0.6 is 0 Å². The topological polar surface area (TPSA) is 57.7 Å². The smallest absolute Gasteiger partial charge is 0.227 e. The van der Waals surface area contributed by atoms with Crippen molar-refractivity contribution in [3.8, 4) is 0 Å². The number of carbonyl (C=O) groups excluding carboxylic acids is 1. The zero-order chi connectivity index (χ0) is 16.4. The van der Waals surface area contributed by atoms with Gasteiger partial charge in [0.1, 0.15) is 5.82 Å². The predicted molar refractivity (Wildman–Crippen MR) is 85.3 cm³/mol. The van der Waals surface area contributed by atoms with Gasteiger partial charge in [-0.15, -0.1) is 0 Å². The van der Waals surface area contributed by atoms with Crippen molar-refractivity contribution < 1.29 is 17.6 Å². The normalized spacial score (nSPS) is 24.7. The quantitative estimate of drug-likeness (QED) is 0.813. The zero-order valence-corrected chi connectivity index (χ0v) is 13.8. The summed E-state index contributed by atoms with van der Waals surface area (Å²) in [5.74, 6) is 0.178. The second kappa shape index (κ2) is 6.57. The average molecular weight is 340 g/mol. The van der Waals surface area contributed by atoms with E-state index >= 15 is 0 Å². The number of piperazine rings is 1. The number of halogens is 1. The number of nitrogens with zero attached hydrogens (tertiary/aromatic N) is 2. The minimum Gasteiger partial charge on any atom is -0.340 e. The van der Waals surface area contributed by atoms with Crippen molar-refractivity contribution in [1.29, 1.82) is 0 Å². The summed E-state index contributed by atoms with van der Waals surface area (Å²) >= 11 is 0. The summed E-state index contributed by atoms with van der Waals surface area (Å²) in [6, 6.07) is 6.21. The number of benzene rings is 1. The molecule has 0 aliphatic carbocycles. The molecule has 2 aliphatic heterocycles. The van der Waals surface area contributed by atoms with E-state index in [0.29, 0.717) is 38.2 Å². The molecular weight excluding hydrogens is 319 g/mol. The second-order valence-corrected chi connectivity index (χ2v) is 8.51. The van der Waals surface area contributed by atoms with E-state index in [1.165, 1.54) is 12.1 Å². The van der Waals surface area contributed by atoms with Gasteiger partial charge in [0, 0.05) is 32.2 Å². The summed E-state index contributed by atoms with van der Waals surface area (Å²) in [6.07, 6.45) is 0.898. The fourth-order valence-corrected chi connectivity index (χ4v) is 5.09. The van der Waals surface area contributed by atoms with Crippen LogP contribution in [0.3, 0.4) is 0 Å². The van der Waals surface area contributed by atoms with Crippen molar-refractivity contribution >= 4 is 15.7 Å². The van der Waals surface area contributed by atoms with Gasteiger partial charge in [-0.25, -0.2) is 12.8 Å². The van der Waals surface area contributed by atoms with Crippen LogP contribution in [-0.2, 0) is 21.1 Å². The lowest BCUT2D eigenvalue weighted by molar-refractivity contribution is -0.132. The monoisotopic (exact) mass is 340 g/mol. The maximum absolute atomic E-state index is 13.2. The highest BCUT2D eigenvalue weighted by Gasteiger charge is 2.34. The molecule has 23 heavy (non-hydrogen) atoms. The van der Waals surface area contributed by atoms with E-state index in [-0.39, 0.29) is 35.7 Å². The van der Waals surface area contributed by atoms with E-state index in [2.05, 4.69) is 4.90 Å². The van der Waals surface area contributed by atoms with Gasteiger partial charge in [-0.2, -0.15) is 0 Å². The summed E-state index contributed by atoms with van der Waals surface area (Å²) in [6.45, 7) is 2.61. The van der Waals surface area contributed by atoms with Crippen LogP contribution < -0.4 is 0 Å². The van der Waals surface area contributed by atoms with Gasteiger partial charge in [-0.3, -0.25) is 9.69 Å². The average Bonchev–Trinajstić information content (AvgIpc) is 2.87. The Morgan fingerprint density at radius 3 is 2.57 bits per heavy atom. The second-order valence-electron chi connectivity index (χ2n) is 6.28. The number of hydrogen-bond donors (Lipinski definition) is 0. The summed E-state index contributed by atoms with van der Waals surface area (Å²) in [7, 11) is -2.88. The first-order valence-corrected chi connectivity index (χ1v) is 9.72. The van der Waals surface area contributed by atoms with Crippen LogP contribution in [0, 0.1) is 5.82 Å². The van der Waals surface area contributed by atoms with Crippen LogP contribution in [0.4, 0.5) is 4.39 Å². The summed E-state index contributed by atoms with van der Waals surface area (Å²) in [4.78, 5) is 16.3. The van der Waals surface area contributed by atoms with Gasteiger partial charge >= 0.3 is 0 Å². The third-order valence-electron chi connectivity index (χ3n) is 4.64. The third-order valence-corrected chi connectivity index (χ3v) is 6.39. The van der Waals surface area contributed by atoms with E-state index < -0.39 is 9.84 Å². The minimum atomic E-state index is -2.88. The molecular formula is C16H21FN2O3S. The number of carbonyl (C=O) groups is 1. The third kappa shape index (κ3) is 4.09. The molecule has 1 atom stereocenters. The van der Waals surface area contributed by atoms with Crippen molar-refractivity contribution in [1.82, 2.24) is 9.80 Å². The molecule has 0 bridgehead atoms. The minimum absolute atomic E-state index is 0.00528. The van der Waals surface area contributed by atoms with Crippen LogP contribution in [0.1, 0.15) is 12.0 Å². The Balaban J connectivity index is 1.51. The molecule has 2 aliphatic rings. The molecule has 0 aromatic heterocycles. The Bertz CT molecular complexity index is 684. The van der Waals surface area contributed by atoms with E-state index in [1.54, 1.807) is 17.0 Å². The highest BCUT2D eigenvalue weighted by Crippen LogP contribution is 2.19. The summed E-state index contributed by atoms with van der Waals surface area (Å²) in [5, 5.41) is 0. The molecule has 5 nitrogen and oxygen atoms in total. The van der Waals surface area contributed by atoms with Gasteiger partial charge in [0.15, 0.2) is 9.84 Å². The van der Waals surface area contributed by atoms with Crippen molar-refractivity contribution in [3.63, 3.8) is 0 Å². The molecule has 0 radical (unpaired) electrons. The van der Waals surface area contributed by atoms with Crippen molar-refractivity contribution in [2.24, 2.45) is 0 Å². The number of rotatable bonds is 3. The molecule has 1 aromatic rings. The molecule has 1 amide bonds. The van der Waals surface area contributed by atoms with Crippen molar-refractivity contribution in [3.05, 3.63) is 35.6 Å². The highest BCUT2D eigenvalue weighted by molar-refractivity contribution is 7.91. The number of amides is 1. The first-order valence-electron chi connectivity index (χ1n) is 7.90. The Kier molecular flexibility index (Phi) is 4.68. The molecule has 1 unspecified atom stereocenters. The largest absolute Gasteiger partial charge is 0.340 e. The molecule has 7 heteroatoms. The lowest BCUT2D eigenvalue weighted by Crippen LogP contribution is -2.52. The predicted octanol–water partition coefficient (Wildman–Crippen LogP) is 0.700. The molecule has 2 fully saturated rings. The number of sulfone groups is 1. The number of hydrogen-bond acceptors (Lipinski definition) is 4. The fraction of sp³-hybridized carbons (Fsp3) is 0.562. The van der Waals surface area contributed by atoms with Crippen LogP contribution in [0.2, 0.25) is 0 Å². The first kappa shape index (κ1) is 16.4. The van der Waals surface area contributed by atoms with Crippen LogP contribution in [0.15, 0.2) is 24.3 Å². The molecule has 1 aromatic carbocycles. The molecule has 2 heterocycles. The molecule has 0 spiro atoms.